The number of rotatable bonds is 2. The van der Waals surface area contributed by atoms with E-state index in [0.29, 0.717) is 17.3 Å². The summed E-state index contributed by atoms with van der Waals surface area (Å²) in [6, 6.07) is 5.35. The van der Waals surface area contributed by atoms with Crippen molar-refractivity contribution in [1.29, 1.82) is 0 Å². The Bertz CT molecular complexity index is 370. The number of benzene rings is 1. The number of carbonyl (C=O) groups excluding carboxylic acids is 1. The summed E-state index contributed by atoms with van der Waals surface area (Å²) < 4.78 is 1.04. The monoisotopic (exact) mass is 338 g/mol. The fourth-order valence-electron chi connectivity index (χ4n) is 0.945. The second-order valence-electron chi connectivity index (χ2n) is 3.07. The first kappa shape index (κ1) is 12.6. The van der Waals surface area contributed by atoms with Crippen molar-refractivity contribution in [2.45, 2.75) is 6.92 Å². The van der Waals surface area contributed by atoms with Gasteiger partial charge in [-0.15, -0.1) is 0 Å². The van der Waals surface area contributed by atoms with Crippen LogP contribution in [-0.4, -0.2) is 24.5 Å². The highest BCUT2D eigenvalue weighted by Gasteiger charge is 2.08. The predicted octanol–water partition coefficient (Wildman–Crippen LogP) is 3.43. The summed E-state index contributed by atoms with van der Waals surface area (Å²) in [5, 5.41) is 3.30. The summed E-state index contributed by atoms with van der Waals surface area (Å²) in [6.07, 6.45) is 0. The molecule has 0 spiro atoms. The molecule has 0 unspecified atom stereocenters. The molecule has 15 heavy (non-hydrogen) atoms. The predicted molar refractivity (Wildman–Crippen MR) is 71.5 cm³/mol. The lowest BCUT2D eigenvalue weighted by Crippen LogP contribution is -2.31. The highest BCUT2D eigenvalue weighted by atomic mass is 127. The van der Waals surface area contributed by atoms with Crippen LogP contribution in [0.2, 0.25) is 5.02 Å². The minimum atomic E-state index is -0.152. The topological polar surface area (TPSA) is 32.3 Å². The van der Waals surface area contributed by atoms with E-state index >= 15 is 0 Å². The smallest absolute Gasteiger partial charge is 0.321 e. The second kappa shape index (κ2) is 5.55. The van der Waals surface area contributed by atoms with Crippen molar-refractivity contribution in [2.24, 2.45) is 0 Å². The maximum Gasteiger partial charge on any atom is 0.321 e. The summed E-state index contributed by atoms with van der Waals surface area (Å²) in [4.78, 5) is 13.1. The number of halogens is 2. The number of hydrogen-bond donors (Lipinski definition) is 1. The van der Waals surface area contributed by atoms with Gasteiger partial charge < -0.3 is 10.2 Å². The minimum absolute atomic E-state index is 0.152. The van der Waals surface area contributed by atoms with Crippen LogP contribution in [-0.2, 0) is 0 Å². The third kappa shape index (κ3) is 3.53. The molecule has 0 aliphatic rings. The third-order valence-electron chi connectivity index (χ3n) is 1.99. The average molecular weight is 339 g/mol. The van der Waals surface area contributed by atoms with Crippen molar-refractivity contribution in [2.75, 3.05) is 18.9 Å². The lowest BCUT2D eigenvalue weighted by molar-refractivity contribution is 0.224. The van der Waals surface area contributed by atoms with Crippen LogP contribution in [0.1, 0.15) is 6.92 Å². The molecular formula is C10H12ClIN2O. The van der Waals surface area contributed by atoms with E-state index in [2.05, 4.69) is 27.9 Å². The molecule has 2 amide bonds. The number of amides is 2. The summed E-state index contributed by atoms with van der Waals surface area (Å²) in [5.74, 6) is 0. The van der Waals surface area contributed by atoms with Crippen LogP contribution < -0.4 is 5.32 Å². The van der Waals surface area contributed by atoms with Crippen LogP contribution in [0.3, 0.4) is 0 Å². The Morgan fingerprint density at radius 2 is 2.27 bits per heavy atom. The van der Waals surface area contributed by atoms with Gasteiger partial charge in [0.05, 0.1) is 10.7 Å². The molecule has 0 saturated heterocycles. The van der Waals surface area contributed by atoms with Gasteiger partial charge in [-0.2, -0.15) is 0 Å². The van der Waals surface area contributed by atoms with Crippen molar-refractivity contribution in [3.05, 3.63) is 26.8 Å². The highest BCUT2D eigenvalue weighted by Crippen LogP contribution is 2.23. The quantitative estimate of drug-likeness (QED) is 0.823. The third-order valence-corrected chi connectivity index (χ3v) is 2.98. The normalized spacial score (nSPS) is 9.87. The van der Waals surface area contributed by atoms with Crippen molar-refractivity contribution < 1.29 is 4.79 Å². The number of nitrogens with one attached hydrogen (secondary N) is 1. The highest BCUT2D eigenvalue weighted by molar-refractivity contribution is 14.1. The molecule has 0 heterocycles. The van der Waals surface area contributed by atoms with Gasteiger partial charge in [0.15, 0.2) is 0 Å². The maximum atomic E-state index is 11.5. The van der Waals surface area contributed by atoms with Crippen LogP contribution in [0, 0.1) is 3.57 Å². The Kier molecular flexibility index (Phi) is 4.66. The first-order valence-electron chi connectivity index (χ1n) is 4.51. The number of nitrogens with zero attached hydrogens (tertiary/aromatic N) is 1. The number of anilines is 1. The summed E-state index contributed by atoms with van der Waals surface area (Å²) in [6.45, 7) is 2.57. The van der Waals surface area contributed by atoms with Gasteiger partial charge in [-0.3, -0.25) is 0 Å². The molecule has 0 atom stereocenters. The van der Waals surface area contributed by atoms with Gasteiger partial charge in [-0.25, -0.2) is 4.79 Å². The summed E-state index contributed by atoms with van der Waals surface area (Å²) >= 11 is 8.15. The lowest BCUT2D eigenvalue weighted by atomic mass is 10.3. The van der Waals surface area contributed by atoms with E-state index in [4.69, 9.17) is 11.6 Å². The van der Waals surface area contributed by atoms with E-state index in [0.717, 1.165) is 3.57 Å². The Hall–Kier alpha value is -0.490. The number of carbonyl (C=O) groups is 1. The van der Waals surface area contributed by atoms with Gasteiger partial charge in [0.2, 0.25) is 0 Å². The molecule has 0 aliphatic heterocycles. The molecule has 0 radical (unpaired) electrons. The molecule has 1 rings (SSSR count). The van der Waals surface area contributed by atoms with Gasteiger partial charge in [0.1, 0.15) is 0 Å². The first-order chi connectivity index (χ1) is 7.04. The maximum absolute atomic E-state index is 11.5. The molecule has 1 aromatic carbocycles. The van der Waals surface area contributed by atoms with Gasteiger partial charge in [0, 0.05) is 17.2 Å². The average Bonchev–Trinajstić information content (AvgIpc) is 2.20. The molecule has 5 heteroatoms. The standard InChI is InChI=1S/C10H12ClIN2O/c1-3-14(2)10(15)13-9-5-4-7(12)6-8(9)11/h4-6H,3H2,1-2H3,(H,13,15). The van der Waals surface area contributed by atoms with Crippen LogP contribution in [0.5, 0.6) is 0 Å². The van der Waals surface area contributed by atoms with E-state index in [9.17, 15) is 4.79 Å². The van der Waals surface area contributed by atoms with Crippen molar-refractivity contribution in [1.82, 2.24) is 4.90 Å². The molecular weight excluding hydrogens is 326 g/mol. The van der Waals surface area contributed by atoms with Crippen LogP contribution >= 0.6 is 34.2 Å². The Balaban J connectivity index is 2.77. The molecule has 1 aromatic rings. The fraction of sp³-hybridized carbons (Fsp3) is 0.300. The van der Waals surface area contributed by atoms with E-state index in [1.54, 1.807) is 18.0 Å². The van der Waals surface area contributed by atoms with E-state index in [1.807, 2.05) is 19.1 Å². The van der Waals surface area contributed by atoms with Crippen molar-refractivity contribution >= 4 is 45.9 Å². The molecule has 1 N–H and O–H groups in total. The van der Waals surface area contributed by atoms with Gasteiger partial charge in [-0.05, 0) is 47.7 Å². The molecule has 0 aromatic heterocycles. The molecule has 0 fully saturated rings. The molecule has 0 saturated carbocycles. The van der Waals surface area contributed by atoms with Gasteiger partial charge >= 0.3 is 6.03 Å². The molecule has 0 bridgehead atoms. The van der Waals surface area contributed by atoms with Crippen LogP contribution in [0.4, 0.5) is 10.5 Å². The first-order valence-corrected chi connectivity index (χ1v) is 5.97. The number of urea groups is 1. The van der Waals surface area contributed by atoms with Crippen molar-refractivity contribution in [3.8, 4) is 0 Å². The lowest BCUT2D eigenvalue weighted by Gasteiger charge is -2.16. The Morgan fingerprint density at radius 3 is 2.80 bits per heavy atom. The van der Waals surface area contributed by atoms with Gasteiger partial charge in [0.25, 0.3) is 0 Å². The summed E-state index contributed by atoms with van der Waals surface area (Å²) in [7, 11) is 1.73. The zero-order valence-electron chi connectivity index (χ0n) is 8.55. The zero-order valence-corrected chi connectivity index (χ0v) is 11.5. The molecule has 3 nitrogen and oxygen atoms in total. The Labute approximate surface area is 108 Å². The minimum Gasteiger partial charge on any atom is -0.328 e. The fourth-order valence-corrected chi connectivity index (χ4v) is 1.85. The second-order valence-corrected chi connectivity index (χ2v) is 4.72. The van der Waals surface area contributed by atoms with E-state index in [1.165, 1.54) is 0 Å². The summed E-state index contributed by atoms with van der Waals surface area (Å²) in [5.41, 5.74) is 0.641. The van der Waals surface area contributed by atoms with E-state index in [-0.39, 0.29) is 6.03 Å². The van der Waals surface area contributed by atoms with Crippen LogP contribution in [0.25, 0.3) is 0 Å². The zero-order chi connectivity index (χ0) is 11.4. The van der Waals surface area contributed by atoms with E-state index < -0.39 is 0 Å². The SMILES string of the molecule is CCN(C)C(=O)Nc1ccc(I)cc1Cl. The molecule has 82 valence electrons. The van der Waals surface area contributed by atoms with Gasteiger partial charge in [-0.1, -0.05) is 11.6 Å². The number of hydrogen-bond acceptors (Lipinski definition) is 1. The largest absolute Gasteiger partial charge is 0.328 e. The van der Waals surface area contributed by atoms with Crippen molar-refractivity contribution in [3.63, 3.8) is 0 Å². The molecule has 0 aliphatic carbocycles. The van der Waals surface area contributed by atoms with Crippen LogP contribution in [0.15, 0.2) is 18.2 Å². The Morgan fingerprint density at radius 1 is 1.60 bits per heavy atom.